The van der Waals surface area contributed by atoms with E-state index in [9.17, 15) is 0 Å². The highest BCUT2D eigenvalue weighted by molar-refractivity contribution is 5.42. The topological polar surface area (TPSA) is 62.3 Å². The first-order valence-corrected chi connectivity index (χ1v) is 7.17. The van der Waals surface area contributed by atoms with Crippen LogP contribution in [-0.2, 0) is 13.0 Å². The van der Waals surface area contributed by atoms with Crippen LogP contribution in [0.4, 0.5) is 0 Å². The zero-order valence-corrected chi connectivity index (χ0v) is 12.9. The third-order valence-corrected chi connectivity index (χ3v) is 3.51. The van der Waals surface area contributed by atoms with E-state index >= 15 is 0 Å². The van der Waals surface area contributed by atoms with Gasteiger partial charge in [0.05, 0.1) is 20.3 Å². The predicted molar refractivity (Wildman–Crippen MR) is 82.7 cm³/mol. The van der Waals surface area contributed by atoms with E-state index < -0.39 is 0 Å². The van der Waals surface area contributed by atoms with Crippen LogP contribution < -0.4 is 15.2 Å². The van der Waals surface area contributed by atoms with Gasteiger partial charge in [0.25, 0.3) is 0 Å². The minimum absolute atomic E-state index is 0.181. The Bertz CT molecular complexity index is 581. The summed E-state index contributed by atoms with van der Waals surface area (Å²) in [6.07, 6.45) is 5.81. The molecule has 0 fully saturated rings. The lowest BCUT2D eigenvalue weighted by atomic mass is 10.1. The number of methoxy groups -OCH3 is 2. The SMILES string of the molecule is CCCc1nccn1CC(N)c1cc(OC)ccc1OC. The Morgan fingerprint density at radius 1 is 1.29 bits per heavy atom. The summed E-state index contributed by atoms with van der Waals surface area (Å²) in [5, 5.41) is 0. The van der Waals surface area contributed by atoms with Gasteiger partial charge in [-0.15, -0.1) is 0 Å². The van der Waals surface area contributed by atoms with Gasteiger partial charge >= 0.3 is 0 Å². The van der Waals surface area contributed by atoms with Crippen molar-refractivity contribution in [2.75, 3.05) is 14.2 Å². The number of hydrogen-bond acceptors (Lipinski definition) is 4. The second-order valence-corrected chi connectivity index (χ2v) is 4.96. The molecule has 0 radical (unpaired) electrons. The molecule has 114 valence electrons. The Labute approximate surface area is 125 Å². The molecule has 0 spiro atoms. The fourth-order valence-corrected chi connectivity index (χ4v) is 2.40. The molecule has 1 unspecified atom stereocenters. The number of aryl methyl sites for hydroxylation is 1. The molecule has 2 N–H and O–H groups in total. The number of nitrogens with zero attached hydrogens (tertiary/aromatic N) is 2. The van der Waals surface area contributed by atoms with Gasteiger partial charge in [-0.3, -0.25) is 0 Å². The van der Waals surface area contributed by atoms with E-state index in [1.54, 1.807) is 14.2 Å². The summed E-state index contributed by atoms with van der Waals surface area (Å²) in [6.45, 7) is 2.81. The van der Waals surface area contributed by atoms with Gasteiger partial charge in [-0.2, -0.15) is 0 Å². The Balaban J connectivity index is 2.22. The maximum atomic E-state index is 6.37. The minimum Gasteiger partial charge on any atom is -0.497 e. The molecule has 0 aliphatic rings. The van der Waals surface area contributed by atoms with Crippen molar-refractivity contribution in [3.05, 3.63) is 42.0 Å². The number of aromatic nitrogens is 2. The molecular formula is C16H23N3O2. The van der Waals surface area contributed by atoms with E-state index in [1.165, 1.54) is 0 Å². The molecule has 0 saturated carbocycles. The predicted octanol–water partition coefficient (Wildman–Crippen LogP) is 2.55. The zero-order chi connectivity index (χ0) is 15.2. The molecule has 2 rings (SSSR count). The van der Waals surface area contributed by atoms with E-state index in [0.29, 0.717) is 6.54 Å². The van der Waals surface area contributed by atoms with Gasteiger partial charge in [0.2, 0.25) is 0 Å². The van der Waals surface area contributed by atoms with Crippen LogP contribution in [0.15, 0.2) is 30.6 Å². The van der Waals surface area contributed by atoms with Crippen LogP contribution in [0, 0.1) is 0 Å². The van der Waals surface area contributed by atoms with Crippen molar-refractivity contribution in [1.82, 2.24) is 9.55 Å². The first-order chi connectivity index (χ1) is 10.2. The molecule has 1 aromatic carbocycles. The smallest absolute Gasteiger partial charge is 0.123 e. The summed E-state index contributed by atoms with van der Waals surface area (Å²) < 4.78 is 12.8. The molecule has 5 heteroatoms. The number of hydrogen-bond donors (Lipinski definition) is 1. The molecule has 0 aliphatic carbocycles. The maximum Gasteiger partial charge on any atom is 0.123 e. The summed E-state index contributed by atoms with van der Waals surface area (Å²) in [5.74, 6) is 2.62. The summed E-state index contributed by atoms with van der Waals surface area (Å²) in [5.41, 5.74) is 7.31. The van der Waals surface area contributed by atoms with Gasteiger partial charge in [0, 0.05) is 30.9 Å². The monoisotopic (exact) mass is 289 g/mol. The van der Waals surface area contributed by atoms with E-state index in [1.807, 2.05) is 30.6 Å². The Morgan fingerprint density at radius 2 is 2.10 bits per heavy atom. The van der Waals surface area contributed by atoms with E-state index in [2.05, 4.69) is 16.5 Å². The quantitative estimate of drug-likeness (QED) is 0.851. The van der Waals surface area contributed by atoms with Gasteiger partial charge in [0.15, 0.2) is 0 Å². The normalized spacial score (nSPS) is 12.2. The fourth-order valence-electron chi connectivity index (χ4n) is 2.40. The number of benzene rings is 1. The summed E-state index contributed by atoms with van der Waals surface area (Å²) in [6, 6.07) is 5.50. The van der Waals surface area contributed by atoms with Crippen molar-refractivity contribution in [2.45, 2.75) is 32.4 Å². The number of rotatable bonds is 7. The molecule has 0 aliphatic heterocycles. The molecule has 5 nitrogen and oxygen atoms in total. The number of nitrogens with two attached hydrogens (primary N) is 1. The van der Waals surface area contributed by atoms with Crippen molar-refractivity contribution in [1.29, 1.82) is 0 Å². The Hall–Kier alpha value is -2.01. The molecule has 2 aromatic rings. The molecule has 21 heavy (non-hydrogen) atoms. The minimum atomic E-state index is -0.181. The van der Waals surface area contributed by atoms with Crippen LogP contribution in [0.5, 0.6) is 11.5 Å². The standard InChI is InChI=1S/C16H23N3O2/c1-4-5-16-18-8-9-19(16)11-14(17)13-10-12(20-2)6-7-15(13)21-3/h6-10,14H,4-5,11,17H2,1-3H3. The number of ether oxygens (including phenoxy) is 2. The van der Waals surface area contributed by atoms with Crippen molar-refractivity contribution in [3.63, 3.8) is 0 Å². The van der Waals surface area contributed by atoms with Crippen LogP contribution in [0.2, 0.25) is 0 Å². The molecule has 0 saturated heterocycles. The van der Waals surface area contributed by atoms with Crippen LogP contribution in [0.3, 0.4) is 0 Å². The average Bonchev–Trinajstić information content (AvgIpc) is 2.94. The molecular weight excluding hydrogens is 266 g/mol. The van der Waals surface area contributed by atoms with Crippen LogP contribution in [0.25, 0.3) is 0 Å². The lowest BCUT2D eigenvalue weighted by Crippen LogP contribution is -2.19. The lowest BCUT2D eigenvalue weighted by Gasteiger charge is -2.18. The molecule has 1 aromatic heterocycles. The van der Waals surface area contributed by atoms with Crippen molar-refractivity contribution in [3.8, 4) is 11.5 Å². The second kappa shape index (κ2) is 7.13. The summed E-state index contributed by atoms with van der Waals surface area (Å²) >= 11 is 0. The third-order valence-electron chi connectivity index (χ3n) is 3.51. The van der Waals surface area contributed by atoms with Crippen molar-refractivity contribution >= 4 is 0 Å². The largest absolute Gasteiger partial charge is 0.497 e. The summed E-state index contributed by atoms with van der Waals surface area (Å²) in [7, 11) is 3.30. The highest BCUT2D eigenvalue weighted by Gasteiger charge is 2.15. The lowest BCUT2D eigenvalue weighted by molar-refractivity contribution is 0.392. The van der Waals surface area contributed by atoms with Gasteiger partial charge in [0.1, 0.15) is 17.3 Å². The first-order valence-electron chi connectivity index (χ1n) is 7.17. The molecule has 1 atom stereocenters. The van der Waals surface area contributed by atoms with Gasteiger partial charge in [-0.25, -0.2) is 4.98 Å². The van der Waals surface area contributed by atoms with E-state index in [-0.39, 0.29) is 6.04 Å². The van der Waals surface area contributed by atoms with Crippen molar-refractivity contribution in [2.24, 2.45) is 5.73 Å². The average molecular weight is 289 g/mol. The zero-order valence-electron chi connectivity index (χ0n) is 12.9. The van der Waals surface area contributed by atoms with Gasteiger partial charge in [-0.1, -0.05) is 6.92 Å². The van der Waals surface area contributed by atoms with Crippen LogP contribution in [0.1, 0.15) is 30.8 Å². The fraction of sp³-hybridized carbons (Fsp3) is 0.438. The highest BCUT2D eigenvalue weighted by atomic mass is 16.5. The molecule has 1 heterocycles. The Morgan fingerprint density at radius 3 is 2.76 bits per heavy atom. The third kappa shape index (κ3) is 3.55. The van der Waals surface area contributed by atoms with Crippen LogP contribution in [-0.4, -0.2) is 23.8 Å². The molecule has 0 amide bonds. The van der Waals surface area contributed by atoms with Gasteiger partial charge in [-0.05, 0) is 24.6 Å². The highest BCUT2D eigenvalue weighted by Crippen LogP contribution is 2.29. The van der Waals surface area contributed by atoms with E-state index in [4.69, 9.17) is 15.2 Å². The van der Waals surface area contributed by atoms with Crippen molar-refractivity contribution < 1.29 is 9.47 Å². The van der Waals surface area contributed by atoms with Gasteiger partial charge < -0.3 is 19.8 Å². The second-order valence-electron chi connectivity index (χ2n) is 4.96. The van der Waals surface area contributed by atoms with Crippen LogP contribution >= 0.6 is 0 Å². The maximum absolute atomic E-state index is 6.37. The van der Waals surface area contributed by atoms with E-state index in [0.717, 1.165) is 35.7 Å². The number of imidazole rings is 1. The first kappa shape index (κ1) is 15.4. The summed E-state index contributed by atoms with van der Waals surface area (Å²) in [4.78, 5) is 4.38. The Kier molecular flexibility index (Phi) is 5.22. The molecule has 0 bridgehead atoms.